The van der Waals surface area contributed by atoms with Crippen LogP contribution in [-0.2, 0) is 22.7 Å². The number of rotatable bonds is 11. The molecule has 5 nitrogen and oxygen atoms in total. The second kappa shape index (κ2) is 12.2. The quantitative estimate of drug-likeness (QED) is 0.394. The summed E-state index contributed by atoms with van der Waals surface area (Å²) in [6.45, 7) is 12.6. The fraction of sp³-hybridized carbons (Fsp3) is 0.538. The number of carbonyl (C=O) groups is 2. The van der Waals surface area contributed by atoms with E-state index in [2.05, 4.69) is 51.8 Å². The lowest BCUT2D eigenvalue weighted by atomic mass is 9.94. The van der Waals surface area contributed by atoms with Crippen LogP contribution in [0.4, 0.5) is 0 Å². The number of carbonyl (C=O) groups excluding carboxylic acids is 2. The largest absolute Gasteiger partial charge is 0.345 e. The summed E-state index contributed by atoms with van der Waals surface area (Å²) < 4.78 is 3.26. The zero-order valence-electron chi connectivity index (χ0n) is 20.2. The third kappa shape index (κ3) is 7.80. The average molecular weight is 505 g/mol. The van der Waals surface area contributed by atoms with Gasteiger partial charge >= 0.3 is 0 Å². The summed E-state index contributed by atoms with van der Waals surface area (Å²) in [6.07, 6.45) is 4.86. The summed E-state index contributed by atoms with van der Waals surface area (Å²) in [6, 6.07) is 12.4. The van der Waals surface area contributed by atoms with E-state index in [-0.39, 0.29) is 18.4 Å². The molecule has 2 rings (SSSR count). The van der Waals surface area contributed by atoms with E-state index in [4.69, 9.17) is 0 Å². The number of unbranched alkanes of at least 4 members (excludes halogenated alkanes) is 1. The molecule has 0 spiro atoms. The maximum atomic E-state index is 13.3. The van der Waals surface area contributed by atoms with Gasteiger partial charge in [-0.2, -0.15) is 0 Å². The molecule has 0 aliphatic heterocycles. The summed E-state index contributed by atoms with van der Waals surface area (Å²) in [5, 5.41) is 0. The van der Waals surface area contributed by atoms with E-state index in [1.165, 1.54) is 5.56 Å². The number of hydrogen-bond acceptors (Lipinski definition) is 2. The van der Waals surface area contributed by atoms with E-state index in [9.17, 15) is 9.59 Å². The predicted molar refractivity (Wildman–Crippen MR) is 134 cm³/mol. The molecule has 1 aromatic carbocycles. The Hall–Kier alpha value is -2.08. The summed E-state index contributed by atoms with van der Waals surface area (Å²) in [4.78, 5) is 29.8. The first-order valence-corrected chi connectivity index (χ1v) is 12.4. The van der Waals surface area contributed by atoms with Crippen molar-refractivity contribution in [1.29, 1.82) is 0 Å². The molecule has 0 fully saturated rings. The second-order valence-electron chi connectivity index (χ2n) is 9.40. The first kappa shape index (κ1) is 26.2. The highest BCUT2D eigenvalue weighted by atomic mass is 79.9. The molecule has 0 N–H and O–H groups in total. The Labute approximate surface area is 201 Å². The molecule has 2 amide bonds. The van der Waals surface area contributed by atoms with Crippen LogP contribution < -0.4 is 0 Å². The standard InChI is InChI=1S/C26H38BrN3O2/c1-6-8-16-29(24(31)20-30(15-7-2)25(32)26(3,4)5)19-23-10-9-17-28(23)18-21-11-13-22(27)14-12-21/h9-14,17H,6-8,15-16,18-20H2,1-5H3. The van der Waals surface area contributed by atoms with Gasteiger partial charge in [-0.05, 0) is 42.7 Å². The van der Waals surface area contributed by atoms with Crippen molar-refractivity contribution in [2.45, 2.75) is 67.0 Å². The highest BCUT2D eigenvalue weighted by molar-refractivity contribution is 9.10. The molecule has 0 radical (unpaired) electrons. The molecule has 0 unspecified atom stereocenters. The summed E-state index contributed by atoms with van der Waals surface area (Å²) >= 11 is 3.48. The van der Waals surface area contributed by atoms with Gasteiger partial charge in [0.1, 0.15) is 0 Å². The highest BCUT2D eigenvalue weighted by Gasteiger charge is 2.29. The van der Waals surface area contributed by atoms with Gasteiger partial charge in [0.15, 0.2) is 0 Å². The SMILES string of the molecule is CCCCN(Cc1cccn1Cc1ccc(Br)cc1)C(=O)CN(CCC)C(=O)C(C)(C)C. The smallest absolute Gasteiger partial charge is 0.242 e. The van der Waals surface area contributed by atoms with Crippen LogP contribution in [0.2, 0.25) is 0 Å². The lowest BCUT2D eigenvalue weighted by Gasteiger charge is -2.31. The number of benzene rings is 1. The molecule has 0 saturated heterocycles. The Morgan fingerprint density at radius 3 is 2.25 bits per heavy atom. The zero-order valence-corrected chi connectivity index (χ0v) is 21.8. The zero-order chi connectivity index (χ0) is 23.7. The van der Waals surface area contributed by atoms with E-state index in [1.807, 2.05) is 50.8 Å². The average Bonchev–Trinajstić information content (AvgIpc) is 3.17. The van der Waals surface area contributed by atoms with Crippen LogP contribution in [0.15, 0.2) is 47.1 Å². The molecule has 6 heteroatoms. The second-order valence-corrected chi connectivity index (χ2v) is 10.3. The number of halogens is 1. The maximum absolute atomic E-state index is 13.3. The van der Waals surface area contributed by atoms with Crippen LogP contribution >= 0.6 is 15.9 Å². The Kier molecular flexibility index (Phi) is 10.0. The third-order valence-electron chi connectivity index (χ3n) is 5.43. The Bertz CT molecular complexity index is 868. The van der Waals surface area contributed by atoms with E-state index in [0.717, 1.165) is 36.0 Å². The minimum atomic E-state index is -0.497. The highest BCUT2D eigenvalue weighted by Crippen LogP contribution is 2.19. The van der Waals surface area contributed by atoms with Crippen LogP contribution in [0.3, 0.4) is 0 Å². The van der Waals surface area contributed by atoms with Crippen LogP contribution in [0, 0.1) is 5.41 Å². The molecule has 176 valence electrons. The first-order valence-electron chi connectivity index (χ1n) is 11.6. The lowest BCUT2D eigenvalue weighted by molar-refractivity contribution is -0.145. The Morgan fingerprint density at radius 2 is 1.66 bits per heavy atom. The van der Waals surface area contributed by atoms with Crippen molar-refractivity contribution >= 4 is 27.7 Å². The molecule has 0 bridgehead atoms. The summed E-state index contributed by atoms with van der Waals surface area (Å²) in [5.74, 6) is 0.0441. The van der Waals surface area contributed by atoms with Crippen LogP contribution in [0.5, 0.6) is 0 Å². The Balaban J connectivity index is 2.16. The monoisotopic (exact) mass is 503 g/mol. The van der Waals surface area contributed by atoms with Crippen LogP contribution in [0.1, 0.15) is 65.1 Å². The topological polar surface area (TPSA) is 45.6 Å². The molecule has 0 saturated carbocycles. The van der Waals surface area contributed by atoms with Gasteiger partial charge in [0.2, 0.25) is 11.8 Å². The van der Waals surface area contributed by atoms with Crippen molar-refractivity contribution in [3.63, 3.8) is 0 Å². The maximum Gasteiger partial charge on any atom is 0.242 e. The van der Waals surface area contributed by atoms with Gasteiger partial charge in [-0.25, -0.2) is 0 Å². The summed E-state index contributed by atoms with van der Waals surface area (Å²) in [5.41, 5.74) is 1.81. The van der Waals surface area contributed by atoms with Crippen molar-refractivity contribution in [3.8, 4) is 0 Å². The summed E-state index contributed by atoms with van der Waals surface area (Å²) in [7, 11) is 0. The molecule has 32 heavy (non-hydrogen) atoms. The molecule has 0 aliphatic carbocycles. The fourth-order valence-corrected chi connectivity index (χ4v) is 3.89. The van der Waals surface area contributed by atoms with Gasteiger partial charge in [0.25, 0.3) is 0 Å². The van der Waals surface area contributed by atoms with Gasteiger partial charge in [-0.1, -0.05) is 69.1 Å². The normalized spacial score (nSPS) is 11.4. The molecule has 0 atom stereocenters. The molecule has 0 aliphatic rings. The first-order chi connectivity index (χ1) is 15.2. The van der Waals surface area contributed by atoms with Crippen molar-refractivity contribution < 1.29 is 9.59 Å². The fourth-order valence-electron chi connectivity index (χ4n) is 3.63. The van der Waals surface area contributed by atoms with Crippen molar-refractivity contribution in [3.05, 3.63) is 58.3 Å². The van der Waals surface area contributed by atoms with Crippen LogP contribution in [-0.4, -0.2) is 45.8 Å². The third-order valence-corrected chi connectivity index (χ3v) is 5.95. The molecule has 1 heterocycles. The molecular weight excluding hydrogens is 466 g/mol. The molecular formula is C26H38BrN3O2. The van der Waals surface area contributed by atoms with E-state index in [1.54, 1.807) is 4.90 Å². The van der Waals surface area contributed by atoms with Gasteiger partial charge in [-0.3, -0.25) is 9.59 Å². The van der Waals surface area contributed by atoms with Gasteiger partial charge < -0.3 is 14.4 Å². The van der Waals surface area contributed by atoms with E-state index >= 15 is 0 Å². The minimum Gasteiger partial charge on any atom is -0.345 e. The van der Waals surface area contributed by atoms with Crippen molar-refractivity contribution in [2.75, 3.05) is 19.6 Å². The number of aromatic nitrogens is 1. The van der Waals surface area contributed by atoms with Crippen molar-refractivity contribution in [1.82, 2.24) is 14.4 Å². The van der Waals surface area contributed by atoms with Crippen molar-refractivity contribution in [2.24, 2.45) is 5.41 Å². The van der Waals surface area contributed by atoms with Gasteiger partial charge in [0, 0.05) is 41.4 Å². The predicted octanol–water partition coefficient (Wildman–Crippen LogP) is 5.71. The molecule has 1 aromatic heterocycles. The van der Waals surface area contributed by atoms with Gasteiger partial charge in [-0.15, -0.1) is 0 Å². The van der Waals surface area contributed by atoms with E-state index < -0.39 is 5.41 Å². The molecule has 2 aromatic rings. The number of amides is 2. The number of hydrogen-bond donors (Lipinski definition) is 0. The lowest BCUT2D eigenvalue weighted by Crippen LogP contribution is -2.47. The van der Waals surface area contributed by atoms with Crippen LogP contribution in [0.25, 0.3) is 0 Å². The van der Waals surface area contributed by atoms with E-state index in [0.29, 0.717) is 19.6 Å². The number of nitrogens with zero attached hydrogens (tertiary/aromatic N) is 3. The minimum absolute atomic E-state index is 0.0147. The Morgan fingerprint density at radius 1 is 0.969 bits per heavy atom. The van der Waals surface area contributed by atoms with Gasteiger partial charge in [0.05, 0.1) is 13.1 Å².